The minimum atomic E-state index is -3.60. The second-order valence-electron chi connectivity index (χ2n) is 11.4. The Labute approximate surface area is 255 Å². The molecule has 1 aliphatic heterocycles. The van der Waals surface area contributed by atoms with Gasteiger partial charge in [-0.3, -0.25) is 13.9 Å². The van der Waals surface area contributed by atoms with Crippen molar-refractivity contribution in [3.63, 3.8) is 0 Å². The largest absolute Gasteiger partial charge is 0.487 e. The molecule has 0 spiro atoms. The number of halogens is 2. The highest BCUT2D eigenvalue weighted by molar-refractivity contribution is 8.22. The van der Waals surface area contributed by atoms with Crippen molar-refractivity contribution in [2.45, 2.75) is 69.4 Å². The van der Waals surface area contributed by atoms with E-state index in [-0.39, 0.29) is 35.2 Å². The summed E-state index contributed by atoms with van der Waals surface area (Å²) in [5, 5.41) is 18.2. The van der Waals surface area contributed by atoms with Gasteiger partial charge in [-0.25, -0.2) is 9.07 Å². The van der Waals surface area contributed by atoms with Crippen LogP contribution in [-0.4, -0.2) is 52.1 Å². The van der Waals surface area contributed by atoms with Crippen LogP contribution in [0.3, 0.4) is 0 Å². The van der Waals surface area contributed by atoms with Gasteiger partial charge in [0.05, 0.1) is 23.5 Å². The second-order valence-corrected chi connectivity index (χ2v) is 13.8. The summed E-state index contributed by atoms with van der Waals surface area (Å²) in [5.74, 6) is -1.99. The number of hydrogen-bond donors (Lipinski definition) is 3. The summed E-state index contributed by atoms with van der Waals surface area (Å²) < 4.78 is 46.9. The molecule has 3 aromatic carbocycles. The van der Waals surface area contributed by atoms with Crippen LogP contribution in [-0.2, 0) is 31.2 Å². The molecule has 43 heavy (non-hydrogen) atoms. The Hall–Kier alpha value is -3.22. The van der Waals surface area contributed by atoms with Crippen molar-refractivity contribution in [1.82, 2.24) is 19.3 Å². The van der Waals surface area contributed by atoms with Crippen LogP contribution < -0.4 is 4.74 Å². The highest BCUT2D eigenvalue weighted by Crippen LogP contribution is 2.58. The number of hydrogen-bond acceptors (Lipinski definition) is 7. The number of aryl methyl sites for hydroxylation is 3. The van der Waals surface area contributed by atoms with Crippen LogP contribution in [0.25, 0.3) is 11.0 Å². The summed E-state index contributed by atoms with van der Waals surface area (Å²) in [6.45, 7) is 4.26. The molecule has 0 bridgehead atoms. The SMILES string of the molecule is CC[C@@H]1CN(Cc2cc([C@@H](CC(=O)O)c3ccc4c(nnn4C)c3C)cc3c2CCC3)S(O)(O)c2cc(Cl)c(F)cc2O1. The van der Waals surface area contributed by atoms with Gasteiger partial charge in [0.1, 0.15) is 28.1 Å². The fourth-order valence-electron chi connectivity index (χ4n) is 6.44. The lowest BCUT2D eigenvalue weighted by atomic mass is 9.83. The zero-order valence-electron chi connectivity index (χ0n) is 24.2. The Morgan fingerprint density at radius 2 is 2.02 bits per heavy atom. The van der Waals surface area contributed by atoms with Crippen LogP contribution in [0.15, 0.2) is 41.3 Å². The number of nitrogens with zero attached hydrogens (tertiary/aromatic N) is 4. The first-order chi connectivity index (χ1) is 20.5. The number of aromatic nitrogens is 3. The highest BCUT2D eigenvalue weighted by Gasteiger charge is 2.37. The van der Waals surface area contributed by atoms with E-state index in [1.165, 1.54) is 6.07 Å². The summed E-state index contributed by atoms with van der Waals surface area (Å²) >= 11 is 6.07. The van der Waals surface area contributed by atoms with Gasteiger partial charge in [0.15, 0.2) is 0 Å². The zero-order chi connectivity index (χ0) is 30.6. The van der Waals surface area contributed by atoms with E-state index in [1.807, 2.05) is 39.1 Å². The molecular weight excluding hydrogens is 595 g/mol. The van der Waals surface area contributed by atoms with E-state index >= 15 is 0 Å². The number of fused-ring (bicyclic) bond motifs is 3. The molecule has 0 saturated carbocycles. The smallest absolute Gasteiger partial charge is 0.304 e. The summed E-state index contributed by atoms with van der Waals surface area (Å²) in [5.41, 5.74) is 7.38. The fourth-order valence-corrected chi connectivity index (χ4v) is 8.29. The summed E-state index contributed by atoms with van der Waals surface area (Å²) in [6.07, 6.45) is 2.69. The summed E-state index contributed by atoms with van der Waals surface area (Å²) in [6, 6.07) is 10.3. The predicted molar refractivity (Wildman–Crippen MR) is 163 cm³/mol. The Balaban J connectivity index is 1.45. The lowest BCUT2D eigenvalue weighted by Gasteiger charge is -2.42. The quantitative estimate of drug-likeness (QED) is 0.203. The standard InChI is InChI=1S/C31H34ClFN4O5S/c1-4-21-16-37(43(40,41)29-13-25(32)26(33)14-28(29)42-21)15-20-11-19(10-18-6-5-7-23(18)20)24(12-30(38)39)22-8-9-27-31(17(22)2)34-35-36(27)3/h8-11,13-14,21,24,40-41H,4-7,12,15-16H2,1-3H3,(H,38,39)/t21-,24-/m1/s1. The maximum atomic E-state index is 14.4. The molecule has 0 amide bonds. The molecule has 228 valence electrons. The van der Waals surface area contributed by atoms with Crippen molar-refractivity contribution in [3.8, 4) is 5.75 Å². The molecule has 0 saturated heterocycles. The van der Waals surface area contributed by atoms with Gasteiger partial charge in [0.25, 0.3) is 0 Å². The average Bonchev–Trinajstić information content (AvgIpc) is 3.57. The first-order valence-corrected chi connectivity index (χ1v) is 16.2. The molecule has 0 fully saturated rings. The molecule has 1 aliphatic carbocycles. The van der Waals surface area contributed by atoms with Gasteiger partial charge >= 0.3 is 5.97 Å². The van der Waals surface area contributed by atoms with E-state index in [4.69, 9.17) is 16.3 Å². The number of carboxylic acid groups (broad SMARTS) is 1. The lowest BCUT2D eigenvalue weighted by molar-refractivity contribution is -0.137. The van der Waals surface area contributed by atoms with Gasteiger partial charge in [-0.15, -0.1) is 15.9 Å². The molecule has 2 heterocycles. The van der Waals surface area contributed by atoms with Crippen molar-refractivity contribution in [2.75, 3.05) is 6.54 Å². The van der Waals surface area contributed by atoms with Crippen LogP contribution in [0.5, 0.6) is 5.75 Å². The van der Waals surface area contributed by atoms with Crippen LogP contribution in [0, 0.1) is 12.7 Å². The first-order valence-electron chi connectivity index (χ1n) is 14.3. The van der Waals surface area contributed by atoms with Gasteiger partial charge in [-0.2, -0.15) is 4.31 Å². The van der Waals surface area contributed by atoms with Crippen molar-refractivity contribution in [2.24, 2.45) is 7.05 Å². The van der Waals surface area contributed by atoms with Crippen molar-refractivity contribution < 1.29 is 28.1 Å². The number of ether oxygens (including phenoxy) is 1. The monoisotopic (exact) mass is 628 g/mol. The van der Waals surface area contributed by atoms with Crippen molar-refractivity contribution >= 4 is 39.4 Å². The third-order valence-corrected chi connectivity index (χ3v) is 10.9. The molecule has 3 N–H and O–H groups in total. The lowest BCUT2D eigenvalue weighted by Crippen LogP contribution is -2.34. The first kappa shape index (κ1) is 29.8. The van der Waals surface area contributed by atoms with Crippen LogP contribution in [0.2, 0.25) is 5.02 Å². The molecule has 0 unspecified atom stereocenters. The third-order valence-electron chi connectivity index (χ3n) is 8.71. The van der Waals surface area contributed by atoms with E-state index < -0.39 is 34.6 Å². The van der Waals surface area contributed by atoms with Gasteiger partial charge in [0, 0.05) is 25.6 Å². The molecule has 12 heteroatoms. The summed E-state index contributed by atoms with van der Waals surface area (Å²) in [4.78, 5) is 12.2. The molecule has 9 nitrogen and oxygen atoms in total. The average molecular weight is 629 g/mol. The van der Waals surface area contributed by atoms with E-state index in [0.29, 0.717) is 6.42 Å². The zero-order valence-corrected chi connectivity index (χ0v) is 25.8. The normalized spacial score (nSPS) is 19.4. The van der Waals surface area contributed by atoms with Gasteiger partial charge in [0.2, 0.25) is 0 Å². The molecule has 2 atom stereocenters. The minimum Gasteiger partial charge on any atom is -0.487 e. The Morgan fingerprint density at radius 1 is 1.23 bits per heavy atom. The maximum absolute atomic E-state index is 14.4. The second kappa shape index (κ2) is 11.4. The van der Waals surface area contributed by atoms with Gasteiger partial charge < -0.3 is 9.84 Å². The van der Waals surface area contributed by atoms with E-state index in [0.717, 1.165) is 69.7 Å². The van der Waals surface area contributed by atoms with E-state index in [2.05, 4.69) is 16.4 Å². The molecule has 2 aliphatic rings. The minimum absolute atomic E-state index is 0.0549. The van der Waals surface area contributed by atoms with Gasteiger partial charge in [-0.1, -0.05) is 41.9 Å². The van der Waals surface area contributed by atoms with Gasteiger partial charge in [-0.05, 0) is 78.1 Å². The predicted octanol–water partition coefficient (Wildman–Crippen LogP) is 6.86. The number of benzene rings is 3. The number of carbonyl (C=O) groups is 1. The third kappa shape index (κ3) is 5.38. The van der Waals surface area contributed by atoms with Crippen LogP contribution in [0.4, 0.5) is 4.39 Å². The molecule has 6 rings (SSSR count). The molecule has 4 aromatic rings. The Bertz CT molecular complexity index is 1750. The fraction of sp³-hybridized carbons (Fsp3) is 0.387. The highest BCUT2D eigenvalue weighted by atomic mass is 35.5. The number of aliphatic carboxylic acids is 1. The van der Waals surface area contributed by atoms with Crippen molar-refractivity contribution in [1.29, 1.82) is 0 Å². The Morgan fingerprint density at radius 3 is 2.77 bits per heavy atom. The van der Waals surface area contributed by atoms with Crippen LogP contribution >= 0.6 is 22.4 Å². The number of carboxylic acids is 1. The van der Waals surface area contributed by atoms with E-state index in [9.17, 15) is 23.4 Å². The summed E-state index contributed by atoms with van der Waals surface area (Å²) in [7, 11) is -1.79. The topological polar surface area (TPSA) is 121 Å². The van der Waals surface area contributed by atoms with E-state index in [1.54, 1.807) is 8.99 Å². The molecular formula is C31H34ClFN4O5S. The Kier molecular flexibility index (Phi) is 7.89. The molecule has 0 radical (unpaired) electrons. The van der Waals surface area contributed by atoms with Crippen LogP contribution in [0.1, 0.15) is 65.5 Å². The number of rotatable bonds is 7. The maximum Gasteiger partial charge on any atom is 0.304 e. The molecule has 1 aromatic heterocycles. The van der Waals surface area contributed by atoms with Crippen molar-refractivity contribution in [3.05, 3.63) is 80.6 Å².